The van der Waals surface area contributed by atoms with Crippen LogP contribution in [0.4, 0.5) is 0 Å². The molecule has 2 nitrogen and oxygen atoms in total. The maximum absolute atomic E-state index is 6.15. The predicted molar refractivity (Wildman–Crippen MR) is 70.7 cm³/mol. The van der Waals surface area contributed by atoms with E-state index in [1.54, 1.807) is 0 Å². The van der Waals surface area contributed by atoms with Gasteiger partial charge in [0.15, 0.2) is 0 Å². The zero-order valence-electron chi connectivity index (χ0n) is 9.61. The average molecular weight is 248 g/mol. The van der Waals surface area contributed by atoms with Crippen LogP contribution in [-0.4, -0.2) is 7.05 Å². The van der Waals surface area contributed by atoms with Crippen molar-refractivity contribution < 1.29 is 4.74 Å². The molecular weight excluding hydrogens is 234 g/mol. The van der Waals surface area contributed by atoms with Gasteiger partial charge in [0.05, 0.1) is 0 Å². The van der Waals surface area contributed by atoms with Crippen LogP contribution in [0.25, 0.3) is 0 Å². The summed E-state index contributed by atoms with van der Waals surface area (Å²) in [5.74, 6) is 1.60. The molecular formula is C14H14ClNO. The van der Waals surface area contributed by atoms with Crippen LogP contribution >= 0.6 is 11.6 Å². The van der Waals surface area contributed by atoms with E-state index in [1.165, 1.54) is 0 Å². The number of hydrogen-bond donors (Lipinski definition) is 1. The first kappa shape index (κ1) is 12.0. The van der Waals surface area contributed by atoms with Gasteiger partial charge in [-0.25, -0.2) is 0 Å². The lowest BCUT2D eigenvalue weighted by Gasteiger charge is -2.12. The van der Waals surface area contributed by atoms with Crippen molar-refractivity contribution in [2.45, 2.75) is 6.54 Å². The molecule has 3 heteroatoms. The van der Waals surface area contributed by atoms with Gasteiger partial charge in [-0.3, -0.25) is 0 Å². The molecule has 0 fully saturated rings. The van der Waals surface area contributed by atoms with E-state index in [1.807, 2.05) is 55.6 Å². The Hall–Kier alpha value is -1.51. The number of hydrogen-bond acceptors (Lipinski definition) is 2. The van der Waals surface area contributed by atoms with Crippen molar-refractivity contribution >= 4 is 11.6 Å². The monoisotopic (exact) mass is 247 g/mol. The van der Waals surface area contributed by atoms with Gasteiger partial charge in [-0.15, -0.1) is 0 Å². The third kappa shape index (κ3) is 2.99. The molecule has 0 radical (unpaired) electrons. The molecule has 2 aromatic rings. The normalized spacial score (nSPS) is 10.2. The van der Waals surface area contributed by atoms with E-state index < -0.39 is 0 Å². The van der Waals surface area contributed by atoms with Crippen LogP contribution in [0.15, 0.2) is 48.5 Å². The topological polar surface area (TPSA) is 21.3 Å². The summed E-state index contributed by atoms with van der Waals surface area (Å²) in [6.45, 7) is 0.682. The molecule has 2 aromatic carbocycles. The molecule has 0 aliphatic rings. The zero-order valence-corrected chi connectivity index (χ0v) is 10.4. The van der Waals surface area contributed by atoms with Gasteiger partial charge < -0.3 is 10.1 Å². The number of ether oxygens (including phenoxy) is 1. The summed E-state index contributed by atoms with van der Waals surface area (Å²) in [6.07, 6.45) is 0. The summed E-state index contributed by atoms with van der Waals surface area (Å²) in [6, 6.07) is 15.4. The molecule has 0 heterocycles. The lowest BCUT2D eigenvalue weighted by atomic mass is 10.2. The maximum atomic E-state index is 6.15. The summed E-state index contributed by atoms with van der Waals surface area (Å²) in [5.41, 5.74) is 0.973. The fraction of sp³-hybridized carbons (Fsp3) is 0.143. The molecule has 0 unspecified atom stereocenters. The van der Waals surface area contributed by atoms with E-state index >= 15 is 0 Å². The van der Waals surface area contributed by atoms with Crippen molar-refractivity contribution in [2.24, 2.45) is 0 Å². The molecule has 2 rings (SSSR count). The van der Waals surface area contributed by atoms with Crippen LogP contribution < -0.4 is 10.1 Å². The molecule has 0 aromatic heterocycles. The molecule has 0 spiro atoms. The second kappa shape index (κ2) is 5.71. The minimum atomic E-state index is 0.682. The fourth-order valence-electron chi connectivity index (χ4n) is 1.60. The van der Waals surface area contributed by atoms with Gasteiger partial charge in [-0.05, 0) is 31.3 Å². The van der Waals surface area contributed by atoms with E-state index in [-0.39, 0.29) is 0 Å². The summed E-state index contributed by atoms with van der Waals surface area (Å²) >= 11 is 6.15. The third-order valence-electron chi connectivity index (χ3n) is 2.40. The highest BCUT2D eigenvalue weighted by atomic mass is 35.5. The molecule has 0 saturated carbocycles. The van der Waals surface area contributed by atoms with E-state index in [0.717, 1.165) is 17.1 Å². The number of halogens is 1. The van der Waals surface area contributed by atoms with Crippen LogP contribution in [0, 0.1) is 0 Å². The highest BCUT2D eigenvalue weighted by Gasteiger charge is 2.07. The predicted octanol–water partition coefficient (Wildman–Crippen LogP) is 3.85. The molecule has 0 aliphatic carbocycles. The Labute approximate surface area is 106 Å². The molecule has 0 bridgehead atoms. The molecule has 88 valence electrons. The highest BCUT2D eigenvalue weighted by Crippen LogP contribution is 2.30. The Bertz CT molecular complexity index is 485. The first-order valence-corrected chi connectivity index (χ1v) is 5.84. The van der Waals surface area contributed by atoms with Gasteiger partial charge in [-0.1, -0.05) is 35.9 Å². The molecule has 17 heavy (non-hydrogen) atoms. The first-order valence-electron chi connectivity index (χ1n) is 5.46. The van der Waals surface area contributed by atoms with Gasteiger partial charge in [-0.2, -0.15) is 0 Å². The second-order valence-electron chi connectivity index (χ2n) is 3.66. The van der Waals surface area contributed by atoms with Crippen LogP contribution in [0.1, 0.15) is 5.56 Å². The minimum Gasteiger partial charge on any atom is -0.457 e. The van der Waals surface area contributed by atoms with E-state index in [2.05, 4.69) is 5.32 Å². The number of para-hydroxylation sites is 1. The smallest absolute Gasteiger partial charge is 0.133 e. The van der Waals surface area contributed by atoms with Crippen molar-refractivity contribution in [1.29, 1.82) is 0 Å². The van der Waals surface area contributed by atoms with E-state index in [9.17, 15) is 0 Å². The summed E-state index contributed by atoms with van der Waals surface area (Å²) in [7, 11) is 1.88. The van der Waals surface area contributed by atoms with Crippen LogP contribution in [0.2, 0.25) is 5.02 Å². The van der Waals surface area contributed by atoms with Crippen molar-refractivity contribution in [3.8, 4) is 11.5 Å². The van der Waals surface area contributed by atoms with Crippen LogP contribution in [0.3, 0.4) is 0 Å². The lowest BCUT2D eigenvalue weighted by molar-refractivity contribution is 0.474. The average Bonchev–Trinajstić information content (AvgIpc) is 2.35. The Morgan fingerprint density at radius 3 is 2.53 bits per heavy atom. The van der Waals surface area contributed by atoms with Gasteiger partial charge in [0, 0.05) is 17.1 Å². The van der Waals surface area contributed by atoms with E-state index in [4.69, 9.17) is 16.3 Å². The fourth-order valence-corrected chi connectivity index (χ4v) is 1.83. The minimum absolute atomic E-state index is 0.682. The van der Waals surface area contributed by atoms with Gasteiger partial charge in [0.25, 0.3) is 0 Å². The molecule has 0 amide bonds. The molecule has 0 aliphatic heterocycles. The van der Waals surface area contributed by atoms with E-state index in [0.29, 0.717) is 11.6 Å². The Morgan fingerprint density at radius 2 is 1.82 bits per heavy atom. The van der Waals surface area contributed by atoms with Gasteiger partial charge in [0.1, 0.15) is 11.5 Å². The summed E-state index contributed by atoms with van der Waals surface area (Å²) in [4.78, 5) is 0. The van der Waals surface area contributed by atoms with Crippen molar-refractivity contribution in [2.75, 3.05) is 7.05 Å². The Balaban J connectivity index is 2.29. The van der Waals surface area contributed by atoms with Crippen molar-refractivity contribution in [3.63, 3.8) is 0 Å². The highest BCUT2D eigenvalue weighted by molar-refractivity contribution is 6.31. The number of rotatable bonds is 4. The second-order valence-corrected chi connectivity index (χ2v) is 4.07. The summed E-state index contributed by atoms with van der Waals surface area (Å²) in [5, 5.41) is 3.80. The number of nitrogens with one attached hydrogen (secondary N) is 1. The first-order chi connectivity index (χ1) is 8.31. The third-order valence-corrected chi connectivity index (χ3v) is 2.75. The standard InChI is InChI=1S/C14H14ClNO/c1-16-10-12-13(15)8-5-9-14(12)17-11-6-3-2-4-7-11/h2-9,16H,10H2,1H3. The zero-order chi connectivity index (χ0) is 12.1. The Morgan fingerprint density at radius 1 is 1.06 bits per heavy atom. The molecule has 0 saturated heterocycles. The van der Waals surface area contributed by atoms with Crippen molar-refractivity contribution in [3.05, 3.63) is 59.1 Å². The quantitative estimate of drug-likeness (QED) is 0.886. The van der Waals surface area contributed by atoms with Crippen LogP contribution in [-0.2, 0) is 6.54 Å². The number of benzene rings is 2. The van der Waals surface area contributed by atoms with Gasteiger partial charge >= 0.3 is 0 Å². The Kier molecular flexibility index (Phi) is 4.02. The van der Waals surface area contributed by atoms with Crippen LogP contribution in [0.5, 0.6) is 11.5 Å². The molecule has 0 atom stereocenters. The maximum Gasteiger partial charge on any atom is 0.133 e. The van der Waals surface area contributed by atoms with Crippen molar-refractivity contribution in [1.82, 2.24) is 5.32 Å². The lowest BCUT2D eigenvalue weighted by Crippen LogP contribution is -2.07. The SMILES string of the molecule is CNCc1c(Cl)cccc1Oc1ccccc1. The molecule has 1 N–H and O–H groups in total. The summed E-state index contributed by atoms with van der Waals surface area (Å²) < 4.78 is 5.82. The van der Waals surface area contributed by atoms with Gasteiger partial charge in [0.2, 0.25) is 0 Å². The largest absolute Gasteiger partial charge is 0.457 e.